The maximum absolute atomic E-state index is 14.9. The van der Waals surface area contributed by atoms with E-state index in [2.05, 4.69) is 83.0 Å². The molecule has 5 aromatic carbocycles. The van der Waals surface area contributed by atoms with Crippen molar-refractivity contribution in [3.05, 3.63) is 126 Å². The number of amides is 4. The summed E-state index contributed by atoms with van der Waals surface area (Å²) in [5, 5.41) is 17.7. The van der Waals surface area contributed by atoms with Crippen LogP contribution in [0.5, 0.6) is 5.75 Å². The lowest BCUT2D eigenvalue weighted by Crippen LogP contribution is -2.65. The molecule has 4 atom stereocenters. The largest absolute Gasteiger partial charge is 0.508 e. The fraction of sp³-hybridized carbons (Fsp3) is 0.464. The number of nitrogens with one attached hydrogen (secondary N) is 1. The minimum absolute atomic E-state index is 0.0259. The van der Waals surface area contributed by atoms with Gasteiger partial charge in [-0.3, -0.25) is 24.1 Å². The highest BCUT2D eigenvalue weighted by atomic mass is 16.3. The van der Waals surface area contributed by atoms with Crippen molar-refractivity contribution in [2.45, 2.75) is 101 Å². The number of phenols is 1. The standard InChI is InChI=1S/C56H63N5O5/c62-51-17-13-37(14-18-51)27-49(34-58-20-5-10-47(58)35-60-48(33-57-52(63)53(60)64)28-38-11-15-43-6-1-3-8-45(43)25-38)61-36-50(29-39-12-16-44-7-2-4-9-46(44)26-39)59(54(65)55(61)66)21-19-56-30-40-22-41(31-56)24-42(23-40)32-56/h1-4,6-9,11-18,25-26,40-42,47-50,62H,5,10,19-24,27-36H2,(H,57,63)/t40?,41?,42?,47-,48+,49-,50+,56?/m0/s1. The molecule has 4 bridgehead atoms. The fourth-order valence-corrected chi connectivity index (χ4v) is 13.9. The molecule has 5 aromatic rings. The van der Waals surface area contributed by atoms with E-state index in [1.54, 1.807) is 17.0 Å². The van der Waals surface area contributed by atoms with Crippen LogP contribution in [-0.4, -0.2) is 112 Å². The van der Waals surface area contributed by atoms with Crippen LogP contribution in [0, 0.1) is 23.2 Å². The van der Waals surface area contributed by atoms with Crippen LogP contribution >= 0.6 is 0 Å². The summed E-state index contributed by atoms with van der Waals surface area (Å²) in [6, 6.07) is 36.1. The number of hydrogen-bond acceptors (Lipinski definition) is 6. The summed E-state index contributed by atoms with van der Waals surface area (Å²) < 4.78 is 0. The molecule has 4 aliphatic carbocycles. The number of nitrogens with zero attached hydrogens (tertiary/aromatic N) is 4. The van der Waals surface area contributed by atoms with Crippen LogP contribution in [0.2, 0.25) is 0 Å². The van der Waals surface area contributed by atoms with Gasteiger partial charge in [-0.15, -0.1) is 0 Å². The van der Waals surface area contributed by atoms with Crippen molar-refractivity contribution in [2.75, 3.05) is 39.3 Å². The van der Waals surface area contributed by atoms with E-state index in [0.29, 0.717) is 52.0 Å². The zero-order chi connectivity index (χ0) is 44.9. The third-order valence-electron chi connectivity index (χ3n) is 16.8. The van der Waals surface area contributed by atoms with Crippen LogP contribution in [0.1, 0.15) is 74.5 Å². The molecule has 0 radical (unpaired) electrons. The number of fused-ring (bicyclic) bond motifs is 2. The minimum Gasteiger partial charge on any atom is -0.508 e. The predicted octanol–water partition coefficient (Wildman–Crippen LogP) is 7.53. The van der Waals surface area contributed by atoms with Gasteiger partial charge in [0.15, 0.2) is 0 Å². The lowest BCUT2D eigenvalue weighted by molar-refractivity contribution is -0.162. The molecule has 0 unspecified atom stereocenters. The first-order chi connectivity index (χ1) is 32.1. The molecular formula is C56H63N5O5. The van der Waals surface area contributed by atoms with Crippen LogP contribution < -0.4 is 5.32 Å². The summed E-state index contributed by atoms with van der Waals surface area (Å²) in [6.45, 7) is 3.13. The Hall–Kier alpha value is -5.74. The van der Waals surface area contributed by atoms with Gasteiger partial charge in [-0.25, -0.2) is 0 Å². The molecule has 3 heterocycles. The second kappa shape index (κ2) is 17.8. The Morgan fingerprint density at radius 3 is 1.86 bits per heavy atom. The Balaban J connectivity index is 0.866. The van der Waals surface area contributed by atoms with Crippen LogP contribution in [-0.2, 0) is 38.4 Å². The molecule has 7 fully saturated rings. The van der Waals surface area contributed by atoms with Crippen molar-refractivity contribution in [3.63, 3.8) is 0 Å². The third kappa shape index (κ3) is 8.69. The van der Waals surface area contributed by atoms with E-state index >= 15 is 0 Å². The second-order valence-electron chi connectivity index (χ2n) is 21.2. The summed E-state index contributed by atoms with van der Waals surface area (Å²) in [5.41, 5.74) is 3.52. The molecular weight excluding hydrogens is 823 g/mol. The molecule has 7 aliphatic rings. The molecule has 66 heavy (non-hydrogen) atoms. The second-order valence-corrected chi connectivity index (χ2v) is 21.2. The normalized spacial score (nSPS) is 28.2. The summed E-state index contributed by atoms with van der Waals surface area (Å²) in [7, 11) is 0. The van der Waals surface area contributed by atoms with E-state index in [9.17, 15) is 24.3 Å². The van der Waals surface area contributed by atoms with Gasteiger partial charge in [0, 0.05) is 44.8 Å². The Labute approximate surface area is 388 Å². The van der Waals surface area contributed by atoms with Crippen LogP contribution in [0.25, 0.3) is 21.5 Å². The molecule has 12 rings (SSSR count). The fourth-order valence-electron chi connectivity index (χ4n) is 13.9. The summed E-state index contributed by atoms with van der Waals surface area (Å²) in [6.07, 6.45) is 12.4. The molecule has 3 aliphatic heterocycles. The monoisotopic (exact) mass is 885 g/mol. The molecule has 0 spiro atoms. The van der Waals surface area contributed by atoms with Crippen molar-refractivity contribution < 1.29 is 24.3 Å². The van der Waals surface area contributed by atoms with Gasteiger partial charge in [-0.2, -0.15) is 0 Å². The molecule has 2 N–H and O–H groups in total. The Morgan fingerprint density at radius 2 is 1.23 bits per heavy atom. The quantitative estimate of drug-likeness (QED) is 0.112. The maximum Gasteiger partial charge on any atom is 0.312 e. The van der Waals surface area contributed by atoms with Crippen molar-refractivity contribution in [3.8, 4) is 5.75 Å². The molecule has 10 nitrogen and oxygen atoms in total. The molecule has 4 saturated carbocycles. The number of benzene rings is 5. The highest BCUT2D eigenvalue weighted by molar-refractivity contribution is 6.36. The lowest BCUT2D eigenvalue weighted by atomic mass is 9.49. The molecule has 4 amide bonds. The highest BCUT2D eigenvalue weighted by Gasteiger charge is 2.52. The zero-order valence-corrected chi connectivity index (χ0v) is 38.0. The summed E-state index contributed by atoms with van der Waals surface area (Å²) >= 11 is 0. The first-order valence-corrected chi connectivity index (χ1v) is 24.8. The predicted molar refractivity (Wildman–Crippen MR) is 256 cm³/mol. The van der Waals surface area contributed by atoms with Crippen LogP contribution in [0.15, 0.2) is 109 Å². The van der Waals surface area contributed by atoms with E-state index < -0.39 is 23.6 Å². The number of likely N-dealkylation sites (tertiary alicyclic amines) is 1. The Bertz CT molecular complexity index is 2610. The Kier molecular flexibility index (Phi) is 11.6. The van der Waals surface area contributed by atoms with Crippen molar-refractivity contribution in [2.24, 2.45) is 23.2 Å². The van der Waals surface area contributed by atoms with Gasteiger partial charge in [0.05, 0.1) is 12.1 Å². The van der Waals surface area contributed by atoms with E-state index in [4.69, 9.17) is 0 Å². The average molecular weight is 886 g/mol. The first-order valence-electron chi connectivity index (χ1n) is 24.8. The molecule has 0 aromatic heterocycles. The number of carbonyl (C=O) groups excluding carboxylic acids is 4. The number of hydrogen-bond donors (Lipinski definition) is 2. The van der Waals surface area contributed by atoms with Crippen molar-refractivity contribution in [1.29, 1.82) is 0 Å². The third-order valence-corrected chi connectivity index (χ3v) is 16.8. The average Bonchev–Trinajstić information content (AvgIpc) is 3.75. The number of phenolic OH excluding ortho intramolecular Hbond substituents is 1. The molecule has 342 valence electrons. The van der Waals surface area contributed by atoms with E-state index in [1.165, 1.54) is 49.3 Å². The number of piperazine rings is 2. The summed E-state index contributed by atoms with van der Waals surface area (Å²) in [5.74, 6) is 0.722. The highest BCUT2D eigenvalue weighted by Crippen LogP contribution is 2.61. The van der Waals surface area contributed by atoms with Gasteiger partial charge < -0.3 is 25.1 Å². The number of aromatic hydroxyl groups is 1. The van der Waals surface area contributed by atoms with Gasteiger partial charge >= 0.3 is 23.6 Å². The molecule has 3 saturated heterocycles. The van der Waals surface area contributed by atoms with E-state index in [-0.39, 0.29) is 35.3 Å². The summed E-state index contributed by atoms with van der Waals surface area (Å²) in [4.78, 5) is 64.4. The van der Waals surface area contributed by atoms with E-state index in [0.717, 1.165) is 71.0 Å². The van der Waals surface area contributed by atoms with Gasteiger partial charge in [0.1, 0.15) is 5.75 Å². The van der Waals surface area contributed by atoms with E-state index in [1.807, 2.05) is 34.1 Å². The van der Waals surface area contributed by atoms with Crippen LogP contribution in [0.3, 0.4) is 0 Å². The maximum atomic E-state index is 14.9. The Morgan fingerprint density at radius 1 is 0.636 bits per heavy atom. The van der Waals surface area contributed by atoms with Crippen molar-refractivity contribution >= 4 is 45.2 Å². The number of carbonyl (C=O) groups is 4. The lowest BCUT2D eigenvalue weighted by Gasteiger charge is -2.57. The van der Waals surface area contributed by atoms with Crippen molar-refractivity contribution in [1.82, 2.24) is 24.9 Å². The van der Waals surface area contributed by atoms with Gasteiger partial charge in [-0.05, 0) is 157 Å². The zero-order valence-electron chi connectivity index (χ0n) is 38.0. The molecule has 10 heteroatoms. The van der Waals surface area contributed by atoms with Gasteiger partial charge in [0.25, 0.3) is 0 Å². The first kappa shape index (κ1) is 42.9. The minimum atomic E-state index is -0.567. The topological polar surface area (TPSA) is 114 Å². The van der Waals surface area contributed by atoms with Gasteiger partial charge in [-0.1, -0.05) is 97.1 Å². The smallest absolute Gasteiger partial charge is 0.312 e. The SMILES string of the molecule is O=C1NC[C@@H](Cc2ccc3ccccc3c2)N(C[C@@H]2CCCN2C[C@H](Cc2ccc(O)cc2)N2C[C@@H](Cc3ccc4ccccc4c3)N(CCC34CC5CC(CC(C5)C3)C4)C(=O)C2=O)C1=O. The van der Waals surface area contributed by atoms with Gasteiger partial charge in [0.2, 0.25) is 0 Å². The number of rotatable bonds is 14. The van der Waals surface area contributed by atoms with Crippen LogP contribution in [0.4, 0.5) is 0 Å².